The van der Waals surface area contributed by atoms with Crippen LogP contribution in [0.25, 0.3) is 0 Å². The van der Waals surface area contributed by atoms with Gasteiger partial charge in [0.15, 0.2) is 0 Å². The summed E-state index contributed by atoms with van der Waals surface area (Å²) in [6.07, 6.45) is 0.712. The Balaban J connectivity index is 3.60. The molecule has 3 heteroatoms. The SMILES string of the molecule is COC[C@@H](NC=O)C(C)C. The zero-order valence-corrected chi connectivity index (χ0v) is 6.76. The molecule has 0 bridgehead atoms. The molecule has 1 amide bonds. The van der Waals surface area contributed by atoms with Crippen molar-refractivity contribution in [1.82, 2.24) is 5.32 Å². The van der Waals surface area contributed by atoms with E-state index in [-0.39, 0.29) is 6.04 Å². The van der Waals surface area contributed by atoms with Crippen LogP contribution < -0.4 is 5.32 Å². The number of carbonyl (C=O) groups is 1. The van der Waals surface area contributed by atoms with Gasteiger partial charge in [0, 0.05) is 7.11 Å². The number of methoxy groups -OCH3 is 1. The second kappa shape index (κ2) is 5.23. The van der Waals surface area contributed by atoms with Crippen molar-refractivity contribution in [3.05, 3.63) is 0 Å². The van der Waals surface area contributed by atoms with Crippen molar-refractivity contribution in [2.24, 2.45) is 5.92 Å². The van der Waals surface area contributed by atoms with Gasteiger partial charge in [0.05, 0.1) is 12.6 Å². The number of rotatable bonds is 5. The van der Waals surface area contributed by atoms with E-state index >= 15 is 0 Å². The smallest absolute Gasteiger partial charge is 0.207 e. The second-order valence-corrected chi connectivity index (χ2v) is 2.59. The number of amides is 1. The minimum Gasteiger partial charge on any atom is -0.383 e. The molecular formula is C7H15NO2. The summed E-state index contributed by atoms with van der Waals surface area (Å²) in [4.78, 5) is 10.0. The highest BCUT2D eigenvalue weighted by Gasteiger charge is 2.10. The first-order chi connectivity index (χ1) is 4.72. The number of ether oxygens (including phenoxy) is 1. The molecule has 1 atom stereocenters. The summed E-state index contributed by atoms with van der Waals surface area (Å²) < 4.78 is 4.90. The predicted molar refractivity (Wildman–Crippen MR) is 39.7 cm³/mol. The van der Waals surface area contributed by atoms with E-state index in [1.165, 1.54) is 0 Å². The van der Waals surface area contributed by atoms with Gasteiger partial charge >= 0.3 is 0 Å². The van der Waals surface area contributed by atoms with Gasteiger partial charge in [-0.2, -0.15) is 0 Å². The van der Waals surface area contributed by atoms with Gasteiger partial charge in [0.1, 0.15) is 0 Å². The van der Waals surface area contributed by atoms with E-state index in [9.17, 15) is 4.79 Å². The molecule has 0 aromatic heterocycles. The Morgan fingerprint density at radius 3 is 2.50 bits per heavy atom. The molecule has 0 aliphatic carbocycles. The topological polar surface area (TPSA) is 38.3 Å². The van der Waals surface area contributed by atoms with Crippen molar-refractivity contribution in [1.29, 1.82) is 0 Å². The summed E-state index contributed by atoms with van der Waals surface area (Å²) in [5, 5.41) is 2.68. The van der Waals surface area contributed by atoms with Gasteiger partial charge in [-0.1, -0.05) is 13.8 Å². The summed E-state index contributed by atoms with van der Waals surface area (Å²) >= 11 is 0. The zero-order valence-electron chi connectivity index (χ0n) is 6.76. The summed E-state index contributed by atoms with van der Waals surface area (Å²) in [5.74, 6) is 0.421. The van der Waals surface area contributed by atoms with Crippen LogP contribution in [0.2, 0.25) is 0 Å². The third-order valence-electron chi connectivity index (χ3n) is 1.43. The van der Waals surface area contributed by atoms with E-state index in [0.717, 1.165) is 0 Å². The molecule has 0 spiro atoms. The van der Waals surface area contributed by atoms with Crippen molar-refractivity contribution in [3.63, 3.8) is 0 Å². The van der Waals surface area contributed by atoms with Crippen LogP contribution >= 0.6 is 0 Å². The molecule has 0 heterocycles. The number of carbonyl (C=O) groups excluding carboxylic acids is 1. The Kier molecular flexibility index (Phi) is 4.94. The van der Waals surface area contributed by atoms with Gasteiger partial charge in [-0.05, 0) is 5.92 Å². The molecule has 0 saturated carbocycles. The predicted octanol–water partition coefficient (Wildman–Crippen LogP) is 0.403. The molecule has 0 aromatic carbocycles. The van der Waals surface area contributed by atoms with E-state index in [0.29, 0.717) is 18.9 Å². The van der Waals surface area contributed by atoms with E-state index in [1.54, 1.807) is 7.11 Å². The summed E-state index contributed by atoms with van der Waals surface area (Å²) in [7, 11) is 1.63. The maximum absolute atomic E-state index is 10.0. The van der Waals surface area contributed by atoms with Crippen molar-refractivity contribution < 1.29 is 9.53 Å². The quantitative estimate of drug-likeness (QED) is 0.569. The number of hydrogen-bond acceptors (Lipinski definition) is 2. The minimum atomic E-state index is 0.141. The maximum Gasteiger partial charge on any atom is 0.207 e. The lowest BCUT2D eigenvalue weighted by Crippen LogP contribution is -2.36. The van der Waals surface area contributed by atoms with Crippen molar-refractivity contribution in [2.45, 2.75) is 19.9 Å². The van der Waals surface area contributed by atoms with Gasteiger partial charge < -0.3 is 10.1 Å². The van der Waals surface area contributed by atoms with Crippen LogP contribution in [-0.2, 0) is 9.53 Å². The molecule has 3 nitrogen and oxygen atoms in total. The van der Waals surface area contributed by atoms with Crippen LogP contribution in [0.4, 0.5) is 0 Å². The molecule has 0 fully saturated rings. The third kappa shape index (κ3) is 3.45. The first-order valence-electron chi connectivity index (χ1n) is 3.41. The molecule has 0 radical (unpaired) electrons. The Hall–Kier alpha value is -0.570. The monoisotopic (exact) mass is 145 g/mol. The van der Waals surface area contributed by atoms with E-state index in [1.807, 2.05) is 13.8 Å². The molecule has 0 rings (SSSR count). The summed E-state index contributed by atoms with van der Waals surface area (Å²) in [6.45, 7) is 4.66. The summed E-state index contributed by atoms with van der Waals surface area (Å²) in [5.41, 5.74) is 0. The Labute approximate surface area is 61.8 Å². The zero-order chi connectivity index (χ0) is 7.98. The average Bonchev–Trinajstić information content (AvgIpc) is 1.87. The Bertz CT molecular complexity index is 93.6. The van der Waals surface area contributed by atoms with Crippen LogP contribution in [-0.4, -0.2) is 26.2 Å². The largest absolute Gasteiger partial charge is 0.383 e. The highest BCUT2D eigenvalue weighted by atomic mass is 16.5. The highest BCUT2D eigenvalue weighted by Crippen LogP contribution is 1.99. The fourth-order valence-corrected chi connectivity index (χ4v) is 0.700. The Morgan fingerprint density at radius 2 is 2.20 bits per heavy atom. The maximum atomic E-state index is 10.0. The van der Waals surface area contributed by atoms with Gasteiger partial charge in [-0.15, -0.1) is 0 Å². The number of nitrogens with one attached hydrogen (secondary N) is 1. The Morgan fingerprint density at radius 1 is 1.60 bits per heavy atom. The molecule has 0 aliphatic heterocycles. The van der Waals surface area contributed by atoms with E-state index in [4.69, 9.17) is 4.74 Å². The first kappa shape index (κ1) is 9.43. The molecule has 60 valence electrons. The normalized spacial score (nSPS) is 13.2. The van der Waals surface area contributed by atoms with Crippen LogP contribution in [0, 0.1) is 5.92 Å². The lowest BCUT2D eigenvalue weighted by molar-refractivity contribution is -0.110. The highest BCUT2D eigenvalue weighted by molar-refractivity contribution is 5.46. The van der Waals surface area contributed by atoms with Gasteiger partial charge in [0.2, 0.25) is 6.41 Å². The molecule has 0 aliphatic rings. The third-order valence-corrected chi connectivity index (χ3v) is 1.43. The van der Waals surface area contributed by atoms with Crippen molar-refractivity contribution in [2.75, 3.05) is 13.7 Å². The van der Waals surface area contributed by atoms with E-state index in [2.05, 4.69) is 5.32 Å². The summed E-state index contributed by atoms with van der Waals surface area (Å²) in [6, 6.07) is 0.141. The molecule has 10 heavy (non-hydrogen) atoms. The van der Waals surface area contributed by atoms with Crippen molar-refractivity contribution in [3.8, 4) is 0 Å². The lowest BCUT2D eigenvalue weighted by Gasteiger charge is -2.18. The first-order valence-corrected chi connectivity index (χ1v) is 3.41. The molecule has 0 unspecified atom stereocenters. The van der Waals surface area contributed by atoms with Gasteiger partial charge in [-0.25, -0.2) is 0 Å². The molecule has 0 saturated heterocycles. The van der Waals surface area contributed by atoms with Gasteiger partial charge in [0.25, 0.3) is 0 Å². The molecule has 0 aromatic rings. The average molecular weight is 145 g/mol. The van der Waals surface area contributed by atoms with Crippen LogP contribution in [0.1, 0.15) is 13.8 Å². The molecular weight excluding hydrogens is 130 g/mol. The van der Waals surface area contributed by atoms with Crippen LogP contribution in [0.3, 0.4) is 0 Å². The number of hydrogen-bond donors (Lipinski definition) is 1. The molecule has 1 N–H and O–H groups in total. The second-order valence-electron chi connectivity index (χ2n) is 2.59. The lowest BCUT2D eigenvalue weighted by atomic mass is 10.1. The fraction of sp³-hybridized carbons (Fsp3) is 0.857. The van der Waals surface area contributed by atoms with Crippen LogP contribution in [0.5, 0.6) is 0 Å². The standard InChI is InChI=1S/C7H15NO2/c1-6(2)7(4-10-3)8-5-9/h5-7H,4H2,1-3H3,(H,8,9)/t7-/m1/s1. The van der Waals surface area contributed by atoms with Crippen LogP contribution in [0.15, 0.2) is 0 Å². The van der Waals surface area contributed by atoms with Gasteiger partial charge in [-0.3, -0.25) is 4.79 Å². The minimum absolute atomic E-state index is 0.141. The van der Waals surface area contributed by atoms with Crippen molar-refractivity contribution >= 4 is 6.41 Å². The fourth-order valence-electron chi connectivity index (χ4n) is 0.700. The van der Waals surface area contributed by atoms with E-state index < -0.39 is 0 Å².